The molecule has 2 heterocycles. The van der Waals surface area contributed by atoms with Gasteiger partial charge in [-0.25, -0.2) is 13.4 Å². The fraction of sp³-hybridized carbons (Fsp3) is 0.545. The van der Waals surface area contributed by atoms with Crippen molar-refractivity contribution in [2.75, 3.05) is 24.6 Å². The molecule has 0 atom stereocenters. The Morgan fingerprint density at radius 2 is 2.22 bits per heavy atom. The van der Waals surface area contributed by atoms with Crippen LogP contribution in [0.5, 0.6) is 0 Å². The lowest BCUT2D eigenvalue weighted by Crippen LogP contribution is -2.46. The van der Waals surface area contributed by atoms with Gasteiger partial charge in [0.1, 0.15) is 10.7 Å². The standard InChI is InChI=1S/C11H17N3O2S2/c1-11(2)8-14(6-7-17-11)18(15,16)9-4-3-5-13-10(9)12/h3-5H,6-8H2,1-2H3,(H2,12,13). The highest BCUT2D eigenvalue weighted by molar-refractivity contribution is 8.00. The van der Waals surface area contributed by atoms with E-state index >= 15 is 0 Å². The van der Waals surface area contributed by atoms with Gasteiger partial charge in [0.25, 0.3) is 0 Å². The third-order valence-corrected chi connectivity index (χ3v) is 6.00. The molecular formula is C11H17N3O2S2. The summed E-state index contributed by atoms with van der Waals surface area (Å²) >= 11 is 1.79. The number of sulfonamides is 1. The number of anilines is 1. The summed E-state index contributed by atoms with van der Waals surface area (Å²) in [6.07, 6.45) is 1.49. The second kappa shape index (κ2) is 4.71. The first-order chi connectivity index (χ1) is 8.33. The molecule has 100 valence electrons. The van der Waals surface area contributed by atoms with E-state index in [1.807, 2.05) is 13.8 Å². The maximum Gasteiger partial charge on any atom is 0.246 e. The van der Waals surface area contributed by atoms with Crippen molar-refractivity contribution in [2.24, 2.45) is 0 Å². The lowest BCUT2D eigenvalue weighted by atomic mass is 10.2. The van der Waals surface area contributed by atoms with Crippen LogP contribution in [-0.4, -0.2) is 41.3 Å². The fourth-order valence-corrected chi connectivity index (χ4v) is 4.92. The fourth-order valence-electron chi connectivity index (χ4n) is 1.94. The van der Waals surface area contributed by atoms with E-state index in [4.69, 9.17) is 5.73 Å². The van der Waals surface area contributed by atoms with Crippen molar-refractivity contribution >= 4 is 27.6 Å². The Morgan fingerprint density at radius 1 is 1.50 bits per heavy atom. The molecule has 7 heteroatoms. The van der Waals surface area contributed by atoms with Crippen molar-refractivity contribution in [3.05, 3.63) is 18.3 Å². The van der Waals surface area contributed by atoms with Gasteiger partial charge in [0.15, 0.2) is 0 Å². The van der Waals surface area contributed by atoms with Gasteiger partial charge >= 0.3 is 0 Å². The van der Waals surface area contributed by atoms with Crippen molar-refractivity contribution in [2.45, 2.75) is 23.5 Å². The minimum absolute atomic E-state index is 0.0635. The molecule has 1 saturated heterocycles. The maximum absolute atomic E-state index is 12.5. The molecule has 0 unspecified atom stereocenters. The van der Waals surface area contributed by atoms with Crippen LogP contribution in [0.25, 0.3) is 0 Å². The van der Waals surface area contributed by atoms with Crippen LogP contribution in [0.15, 0.2) is 23.2 Å². The molecule has 1 aliphatic heterocycles. The summed E-state index contributed by atoms with van der Waals surface area (Å²) in [5.74, 6) is 0.861. The van der Waals surface area contributed by atoms with Crippen molar-refractivity contribution in [1.82, 2.24) is 9.29 Å². The zero-order chi connectivity index (χ0) is 13.4. The number of nitrogens with two attached hydrogens (primary N) is 1. The minimum atomic E-state index is -3.53. The maximum atomic E-state index is 12.5. The zero-order valence-corrected chi connectivity index (χ0v) is 12.1. The summed E-state index contributed by atoms with van der Waals surface area (Å²) in [6.45, 7) is 5.11. The average molecular weight is 287 g/mol. The van der Waals surface area contributed by atoms with Crippen LogP contribution in [0, 0.1) is 0 Å². The van der Waals surface area contributed by atoms with Gasteiger partial charge in [-0.15, -0.1) is 0 Å². The quantitative estimate of drug-likeness (QED) is 0.884. The van der Waals surface area contributed by atoms with E-state index in [1.54, 1.807) is 17.8 Å². The molecule has 0 bridgehead atoms. The molecule has 1 aromatic heterocycles. The topological polar surface area (TPSA) is 76.3 Å². The third-order valence-electron chi connectivity index (χ3n) is 2.81. The Labute approximate surface area is 112 Å². The van der Waals surface area contributed by atoms with Crippen molar-refractivity contribution in [1.29, 1.82) is 0 Å². The van der Waals surface area contributed by atoms with Crippen LogP contribution < -0.4 is 5.73 Å². The minimum Gasteiger partial charge on any atom is -0.383 e. The number of thioether (sulfide) groups is 1. The smallest absolute Gasteiger partial charge is 0.246 e. The number of aromatic nitrogens is 1. The Morgan fingerprint density at radius 3 is 2.83 bits per heavy atom. The zero-order valence-electron chi connectivity index (χ0n) is 10.5. The van der Waals surface area contributed by atoms with Crippen molar-refractivity contribution in [3.63, 3.8) is 0 Å². The lowest BCUT2D eigenvalue weighted by molar-refractivity contribution is 0.387. The summed E-state index contributed by atoms with van der Waals surface area (Å²) in [7, 11) is -3.53. The molecule has 0 aliphatic carbocycles. The Balaban J connectivity index is 2.35. The molecule has 5 nitrogen and oxygen atoms in total. The van der Waals surface area contributed by atoms with E-state index in [0.29, 0.717) is 13.1 Å². The predicted molar refractivity (Wildman–Crippen MR) is 73.9 cm³/mol. The highest BCUT2D eigenvalue weighted by Gasteiger charge is 2.35. The molecule has 18 heavy (non-hydrogen) atoms. The largest absolute Gasteiger partial charge is 0.383 e. The second-order valence-electron chi connectivity index (χ2n) is 4.83. The molecular weight excluding hydrogens is 270 g/mol. The first-order valence-electron chi connectivity index (χ1n) is 5.67. The first-order valence-corrected chi connectivity index (χ1v) is 8.10. The molecule has 2 rings (SSSR count). The summed E-state index contributed by atoms with van der Waals surface area (Å²) in [5.41, 5.74) is 5.66. The normalized spacial score (nSPS) is 20.8. The molecule has 2 N–H and O–H groups in total. The summed E-state index contributed by atoms with van der Waals surface area (Å²) in [6, 6.07) is 3.10. The predicted octanol–water partition coefficient (Wildman–Crippen LogP) is 1.18. The second-order valence-corrected chi connectivity index (χ2v) is 8.54. The lowest BCUT2D eigenvalue weighted by Gasteiger charge is -2.36. The Hall–Kier alpha value is -0.790. The highest BCUT2D eigenvalue weighted by atomic mass is 32.2. The molecule has 1 aliphatic rings. The van der Waals surface area contributed by atoms with E-state index in [-0.39, 0.29) is 15.5 Å². The monoisotopic (exact) mass is 287 g/mol. The Bertz CT molecular complexity index is 543. The van der Waals surface area contributed by atoms with Gasteiger partial charge in [0, 0.05) is 29.8 Å². The van der Waals surface area contributed by atoms with Gasteiger partial charge in [-0.3, -0.25) is 0 Å². The SMILES string of the molecule is CC1(C)CN(S(=O)(=O)c2cccnc2N)CCS1. The molecule has 1 aromatic rings. The van der Waals surface area contributed by atoms with E-state index in [2.05, 4.69) is 4.98 Å². The van der Waals surface area contributed by atoms with Gasteiger partial charge < -0.3 is 5.73 Å². The van der Waals surface area contributed by atoms with Crippen LogP contribution >= 0.6 is 11.8 Å². The number of nitrogen functional groups attached to an aromatic ring is 1. The van der Waals surface area contributed by atoms with E-state index in [9.17, 15) is 8.42 Å². The summed E-state index contributed by atoms with van der Waals surface area (Å²) < 4.78 is 26.4. The van der Waals surface area contributed by atoms with E-state index < -0.39 is 10.0 Å². The number of hydrogen-bond donors (Lipinski definition) is 1. The van der Waals surface area contributed by atoms with Crippen molar-refractivity contribution in [3.8, 4) is 0 Å². The molecule has 0 spiro atoms. The molecule has 0 aromatic carbocycles. The van der Waals surface area contributed by atoms with Crippen LogP contribution in [0.4, 0.5) is 5.82 Å². The summed E-state index contributed by atoms with van der Waals surface area (Å²) in [5, 5.41) is 0. The molecule has 0 saturated carbocycles. The number of hydrogen-bond acceptors (Lipinski definition) is 5. The van der Waals surface area contributed by atoms with E-state index in [1.165, 1.54) is 16.6 Å². The first kappa shape index (κ1) is 13.6. The highest BCUT2D eigenvalue weighted by Crippen LogP contribution is 2.33. The van der Waals surface area contributed by atoms with Crippen LogP contribution in [0.2, 0.25) is 0 Å². The van der Waals surface area contributed by atoms with Crippen LogP contribution in [0.3, 0.4) is 0 Å². The number of nitrogens with zero attached hydrogens (tertiary/aromatic N) is 2. The van der Waals surface area contributed by atoms with Gasteiger partial charge in [-0.2, -0.15) is 16.1 Å². The third kappa shape index (κ3) is 2.62. The van der Waals surface area contributed by atoms with Crippen molar-refractivity contribution < 1.29 is 8.42 Å². The van der Waals surface area contributed by atoms with Gasteiger partial charge in [0.05, 0.1) is 0 Å². The van der Waals surface area contributed by atoms with Crippen LogP contribution in [0.1, 0.15) is 13.8 Å². The average Bonchev–Trinajstić information content (AvgIpc) is 2.28. The van der Waals surface area contributed by atoms with Gasteiger partial charge in [0.2, 0.25) is 10.0 Å². The Kier molecular flexibility index (Phi) is 3.57. The van der Waals surface area contributed by atoms with E-state index in [0.717, 1.165) is 5.75 Å². The van der Waals surface area contributed by atoms with Gasteiger partial charge in [-0.1, -0.05) is 0 Å². The molecule has 1 fully saturated rings. The van der Waals surface area contributed by atoms with Gasteiger partial charge in [-0.05, 0) is 26.0 Å². The molecule has 0 radical (unpaired) electrons. The number of pyridine rings is 1. The van der Waals surface area contributed by atoms with Crippen LogP contribution in [-0.2, 0) is 10.0 Å². The molecule has 0 amide bonds. The summed E-state index contributed by atoms with van der Waals surface area (Å²) in [4.78, 5) is 3.95. The number of rotatable bonds is 2.